The van der Waals surface area contributed by atoms with Crippen LogP contribution in [0, 0.1) is 11.8 Å². The number of halogens is 4. The van der Waals surface area contributed by atoms with E-state index in [4.69, 9.17) is 0 Å². The molecule has 1 heterocycles. The summed E-state index contributed by atoms with van der Waals surface area (Å²) in [6.07, 6.45) is 0.113. The van der Waals surface area contributed by atoms with Crippen molar-refractivity contribution in [1.29, 1.82) is 0 Å². The molecular weight excluding hydrogens is 394 g/mol. The summed E-state index contributed by atoms with van der Waals surface area (Å²) >= 11 is 0. The van der Waals surface area contributed by atoms with Gasteiger partial charge in [-0.3, -0.25) is 4.99 Å². The van der Waals surface area contributed by atoms with Crippen molar-refractivity contribution >= 4 is 29.9 Å². The van der Waals surface area contributed by atoms with E-state index in [2.05, 4.69) is 15.2 Å². The molecule has 0 spiro atoms. The third kappa shape index (κ3) is 5.83. The zero-order chi connectivity index (χ0) is 14.6. The number of aliphatic imine (C=N–C) groups is 1. The standard InChI is InChI=1S/C14H24F3N3.HI/c1-2-18-13(19-8-7-14(15,16)17)20-9-11-5-3-4-6-12(11)10-20;/h11-12H,2-10H2,1H3,(H,18,19);1H. The van der Waals surface area contributed by atoms with Gasteiger partial charge in [0.2, 0.25) is 0 Å². The van der Waals surface area contributed by atoms with Gasteiger partial charge in [0.05, 0.1) is 13.0 Å². The summed E-state index contributed by atoms with van der Waals surface area (Å²) in [6, 6.07) is 0. The molecule has 3 nitrogen and oxygen atoms in total. The minimum absolute atomic E-state index is 0. The number of guanidine groups is 1. The topological polar surface area (TPSA) is 27.6 Å². The van der Waals surface area contributed by atoms with E-state index in [1.54, 1.807) is 0 Å². The zero-order valence-corrected chi connectivity index (χ0v) is 14.8. The number of alkyl halides is 3. The molecule has 1 saturated heterocycles. The molecule has 124 valence electrons. The molecule has 1 N–H and O–H groups in total. The third-order valence-electron chi connectivity index (χ3n) is 4.27. The fourth-order valence-corrected chi connectivity index (χ4v) is 3.29. The Bertz CT molecular complexity index is 333. The van der Waals surface area contributed by atoms with Crippen LogP contribution in [-0.4, -0.2) is 43.2 Å². The molecular formula is C14H25F3IN3. The highest BCUT2D eigenvalue weighted by molar-refractivity contribution is 14.0. The van der Waals surface area contributed by atoms with Crippen LogP contribution >= 0.6 is 24.0 Å². The first-order chi connectivity index (χ1) is 9.49. The molecule has 2 atom stereocenters. The smallest absolute Gasteiger partial charge is 0.357 e. The predicted octanol–water partition coefficient (Wildman–Crippen LogP) is 3.64. The van der Waals surface area contributed by atoms with Crippen molar-refractivity contribution in [1.82, 2.24) is 10.2 Å². The van der Waals surface area contributed by atoms with Crippen LogP contribution < -0.4 is 5.32 Å². The lowest BCUT2D eigenvalue weighted by Crippen LogP contribution is -2.40. The molecule has 0 radical (unpaired) electrons. The van der Waals surface area contributed by atoms with Crippen molar-refractivity contribution in [2.24, 2.45) is 16.8 Å². The molecule has 21 heavy (non-hydrogen) atoms. The Kier molecular flexibility index (Phi) is 7.56. The predicted molar refractivity (Wildman–Crippen MR) is 89.1 cm³/mol. The molecule has 0 aromatic carbocycles. The van der Waals surface area contributed by atoms with Gasteiger partial charge in [-0.2, -0.15) is 13.2 Å². The molecule has 0 aromatic rings. The second kappa shape index (κ2) is 8.43. The van der Waals surface area contributed by atoms with Crippen LogP contribution in [0.3, 0.4) is 0 Å². The Hall–Kier alpha value is -0.210. The maximum Gasteiger partial charge on any atom is 0.390 e. The summed E-state index contributed by atoms with van der Waals surface area (Å²) in [5.41, 5.74) is 0. The lowest BCUT2D eigenvalue weighted by atomic mass is 9.82. The van der Waals surface area contributed by atoms with Gasteiger partial charge >= 0.3 is 6.18 Å². The van der Waals surface area contributed by atoms with Crippen LogP contribution in [0.25, 0.3) is 0 Å². The van der Waals surface area contributed by atoms with Gasteiger partial charge in [-0.25, -0.2) is 0 Å². The Labute approximate surface area is 141 Å². The molecule has 2 aliphatic rings. The molecule has 7 heteroatoms. The summed E-state index contributed by atoms with van der Waals surface area (Å²) in [6.45, 7) is 4.35. The second-order valence-corrected chi connectivity index (χ2v) is 5.81. The van der Waals surface area contributed by atoms with Crippen molar-refractivity contribution in [2.45, 2.75) is 45.2 Å². The monoisotopic (exact) mass is 419 g/mol. The van der Waals surface area contributed by atoms with Crippen LogP contribution in [-0.2, 0) is 0 Å². The van der Waals surface area contributed by atoms with Crippen LogP contribution in [0.1, 0.15) is 39.0 Å². The van der Waals surface area contributed by atoms with E-state index in [1.807, 2.05) is 6.92 Å². The number of hydrogen-bond acceptors (Lipinski definition) is 1. The van der Waals surface area contributed by atoms with E-state index in [0.29, 0.717) is 24.3 Å². The Morgan fingerprint density at radius 2 is 1.76 bits per heavy atom. The Balaban J connectivity index is 0.00000220. The number of fused-ring (bicyclic) bond motifs is 1. The maximum absolute atomic E-state index is 12.2. The number of rotatable bonds is 3. The molecule has 0 aromatic heterocycles. The summed E-state index contributed by atoms with van der Waals surface area (Å²) in [5, 5.41) is 3.13. The van der Waals surface area contributed by atoms with Crippen LogP contribution in [0.2, 0.25) is 0 Å². The van der Waals surface area contributed by atoms with Gasteiger partial charge in [-0.1, -0.05) is 12.8 Å². The van der Waals surface area contributed by atoms with Crippen molar-refractivity contribution in [3.8, 4) is 0 Å². The minimum atomic E-state index is -4.13. The number of nitrogens with one attached hydrogen (secondary N) is 1. The van der Waals surface area contributed by atoms with E-state index in [9.17, 15) is 13.2 Å². The summed E-state index contributed by atoms with van der Waals surface area (Å²) in [5.74, 6) is 2.07. The van der Waals surface area contributed by atoms with E-state index in [0.717, 1.165) is 13.1 Å². The second-order valence-electron chi connectivity index (χ2n) is 5.81. The largest absolute Gasteiger partial charge is 0.390 e. The summed E-state index contributed by atoms with van der Waals surface area (Å²) in [4.78, 5) is 6.30. The molecule has 2 rings (SSSR count). The molecule has 0 amide bonds. The molecule has 2 unspecified atom stereocenters. The highest BCUT2D eigenvalue weighted by atomic mass is 127. The zero-order valence-electron chi connectivity index (χ0n) is 12.5. The number of nitrogens with zero attached hydrogens (tertiary/aromatic N) is 2. The van der Waals surface area contributed by atoms with Gasteiger partial charge in [0.1, 0.15) is 0 Å². The Morgan fingerprint density at radius 1 is 1.19 bits per heavy atom. The fourth-order valence-electron chi connectivity index (χ4n) is 3.29. The first-order valence-corrected chi connectivity index (χ1v) is 7.59. The highest BCUT2D eigenvalue weighted by Gasteiger charge is 2.35. The van der Waals surface area contributed by atoms with Gasteiger partial charge in [0, 0.05) is 19.6 Å². The van der Waals surface area contributed by atoms with E-state index in [1.165, 1.54) is 25.7 Å². The summed E-state index contributed by atoms with van der Waals surface area (Å²) < 4.78 is 36.6. The van der Waals surface area contributed by atoms with E-state index < -0.39 is 12.6 Å². The molecule has 1 aliphatic carbocycles. The van der Waals surface area contributed by atoms with Gasteiger partial charge in [0.25, 0.3) is 0 Å². The lowest BCUT2D eigenvalue weighted by molar-refractivity contribution is -0.132. The molecule has 1 saturated carbocycles. The third-order valence-corrected chi connectivity index (χ3v) is 4.27. The molecule has 1 aliphatic heterocycles. The van der Waals surface area contributed by atoms with Crippen LogP contribution in [0.15, 0.2) is 4.99 Å². The first-order valence-electron chi connectivity index (χ1n) is 7.59. The van der Waals surface area contributed by atoms with Crippen molar-refractivity contribution in [2.75, 3.05) is 26.2 Å². The average Bonchev–Trinajstić information content (AvgIpc) is 2.80. The van der Waals surface area contributed by atoms with Gasteiger partial charge in [-0.15, -0.1) is 24.0 Å². The van der Waals surface area contributed by atoms with Crippen molar-refractivity contribution < 1.29 is 13.2 Å². The number of likely N-dealkylation sites (tertiary alicyclic amines) is 1. The van der Waals surface area contributed by atoms with Crippen molar-refractivity contribution in [3.05, 3.63) is 0 Å². The SMILES string of the molecule is CCNC(=NCCC(F)(F)F)N1CC2CCCCC2C1.I. The normalized spacial score (nSPS) is 26.3. The summed E-state index contributed by atoms with van der Waals surface area (Å²) in [7, 11) is 0. The van der Waals surface area contributed by atoms with E-state index >= 15 is 0 Å². The minimum Gasteiger partial charge on any atom is -0.357 e. The first kappa shape index (κ1) is 18.8. The average molecular weight is 419 g/mol. The van der Waals surface area contributed by atoms with Gasteiger partial charge in [-0.05, 0) is 31.6 Å². The van der Waals surface area contributed by atoms with Crippen LogP contribution in [0.5, 0.6) is 0 Å². The quantitative estimate of drug-likeness (QED) is 0.430. The van der Waals surface area contributed by atoms with E-state index in [-0.39, 0.29) is 30.5 Å². The molecule has 2 fully saturated rings. The number of hydrogen-bond donors (Lipinski definition) is 1. The van der Waals surface area contributed by atoms with Crippen molar-refractivity contribution in [3.63, 3.8) is 0 Å². The molecule has 0 bridgehead atoms. The lowest BCUT2D eigenvalue weighted by Gasteiger charge is -2.22. The van der Waals surface area contributed by atoms with Gasteiger partial charge < -0.3 is 10.2 Å². The Morgan fingerprint density at radius 3 is 2.24 bits per heavy atom. The fraction of sp³-hybridized carbons (Fsp3) is 0.929. The highest BCUT2D eigenvalue weighted by Crippen LogP contribution is 2.36. The van der Waals surface area contributed by atoms with Gasteiger partial charge in [0.15, 0.2) is 5.96 Å². The maximum atomic E-state index is 12.2. The van der Waals surface area contributed by atoms with Crippen LogP contribution in [0.4, 0.5) is 13.2 Å².